The number of hydrogen-bond acceptors (Lipinski definition) is 3. The molecule has 2 saturated carbocycles. The van der Waals surface area contributed by atoms with Crippen LogP contribution in [0.3, 0.4) is 0 Å². The van der Waals surface area contributed by atoms with Gasteiger partial charge in [-0.05, 0) is 55.0 Å². The lowest BCUT2D eigenvalue weighted by Gasteiger charge is -2.30. The molecule has 2 aliphatic rings. The Morgan fingerprint density at radius 3 is 2.53 bits per heavy atom. The molecular formula is C12H18ClNO3. The van der Waals surface area contributed by atoms with E-state index in [0.29, 0.717) is 37.0 Å². The predicted octanol–water partition coefficient (Wildman–Crippen LogP) is 3.00. The number of hydrogen-bond donors (Lipinski definition) is 0. The topological polar surface area (TPSA) is 60.2 Å². The van der Waals surface area contributed by atoms with Crippen molar-refractivity contribution < 1.29 is 9.72 Å². The fourth-order valence-corrected chi connectivity index (χ4v) is 3.39. The quantitative estimate of drug-likeness (QED) is 0.433. The Bertz CT molecular complexity index is 317. The lowest BCUT2D eigenvalue weighted by molar-refractivity contribution is -0.528. The van der Waals surface area contributed by atoms with Gasteiger partial charge in [-0.3, -0.25) is 14.9 Å². The zero-order chi connectivity index (χ0) is 12.4. The number of halogens is 1. The summed E-state index contributed by atoms with van der Waals surface area (Å²) in [6, 6.07) is -0.402. The van der Waals surface area contributed by atoms with Crippen LogP contribution in [-0.4, -0.2) is 16.2 Å². The predicted molar refractivity (Wildman–Crippen MR) is 64.4 cm³/mol. The van der Waals surface area contributed by atoms with Gasteiger partial charge in [-0.2, -0.15) is 0 Å². The van der Waals surface area contributed by atoms with Crippen LogP contribution < -0.4 is 0 Å². The zero-order valence-electron chi connectivity index (χ0n) is 9.81. The van der Waals surface area contributed by atoms with Crippen LogP contribution >= 0.6 is 11.6 Å². The fourth-order valence-electron chi connectivity index (χ4n) is 3.21. The average molecular weight is 260 g/mol. The molecule has 3 atom stereocenters. The number of carbonyl (C=O) groups excluding carboxylic acids is 1. The van der Waals surface area contributed by atoms with Crippen molar-refractivity contribution in [3.63, 3.8) is 0 Å². The molecule has 0 saturated heterocycles. The first kappa shape index (κ1) is 12.8. The molecule has 2 aliphatic carbocycles. The van der Waals surface area contributed by atoms with Crippen LogP contribution in [0.1, 0.15) is 44.9 Å². The summed E-state index contributed by atoms with van der Waals surface area (Å²) in [5.74, 6) is 1.21. The Morgan fingerprint density at radius 1 is 1.29 bits per heavy atom. The number of carbonyl (C=O) groups is 1. The lowest BCUT2D eigenvalue weighted by Crippen LogP contribution is -2.32. The van der Waals surface area contributed by atoms with Gasteiger partial charge in [0.1, 0.15) is 0 Å². The zero-order valence-corrected chi connectivity index (χ0v) is 10.6. The second-order valence-corrected chi connectivity index (χ2v) is 5.85. The molecule has 5 heteroatoms. The van der Waals surface area contributed by atoms with Crippen molar-refractivity contribution in [2.45, 2.75) is 51.0 Å². The normalized spacial score (nSPS) is 30.9. The fraction of sp³-hybridized carbons (Fsp3) is 0.917. The van der Waals surface area contributed by atoms with Gasteiger partial charge in [0.15, 0.2) is 0 Å². The standard InChI is InChI=1S/C12H18ClNO3/c13-12(15)7-11(8-4-5-8)9-2-1-3-10(6-9)14(16)17/h8-11H,1-7H2. The Kier molecular flexibility index (Phi) is 4.02. The average Bonchev–Trinajstić information content (AvgIpc) is 3.09. The number of nitrogens with zero attached hydrogens (tertiary/aromatic N) is 1. The molecule has 4 nitrogen and oxygen atoms in total. The molecule has 0 bridgehead atoms. The summed E-state index contributed by atoms with van der Waals surface area (Å²) >= 11 is 5.49. The minimum Gasteiger partial charge on any atom is -0.281 e. The molecule has 0 aromatic rings. The highest BCUT2D eigenvalue weighted by Gasteiger charge is 2.41. The highest BCUT2D eigenvalue weighted by molar-refractivity contribution is 6.63. The first-order valence-corrected chi connectivity index (χ1v) is 6.77. The summed E-state index contributed by atoms with van der Waals surface area (Å²) in [6.45, 7) is 0. The molecule has 0 amide bonds. The van der Waals surface area contributed by atoms with Gasteiger partial charge in [0.25, 0.3) is 0 Å². The van der Waals surface area contributed by atoms with Crippen molar-refractivity contribution in [1.82, 2.24) is 0 Å². The summed E-state index contributed by atoms with van der Waals surface area (Å²) in [6.07, 6.45) is 5.99. The molecule has 0 aromatic heterocycles. The maximum absolute atomic E-state index is 11.1. The Labute approximate surface area is 106 Å². The third-order valence-corrected chi connectivity index (χ3v) is 4.37. The highest BCUT2D eigenvalue weighted by Crippen LogP contribution is 2.47. The third kappa shape index (κ3) is 3.41. The van der Waals surface area contributed by atoms with E-state index in [1.807, 2.05) is 0 Å². The summed E-state index contributed by atoms with van der Waals surface area (Å²) in [5, 5.41) is 10.6. The van der Waals surface area contributed by atoms with Crippen LogP contribution in [0, 0.1) is 27.9 Å². The van der Waals surface area contributed by atoms with Crippen LogP contribution in [0.4, 0.5) is 0 Å². The molecular weight excluding hydrogens is 242 g/mol. The van der Waals surface area contributed by atoms with Gasteiger partial charge >= 0.3 is 0 Å². The van der Waals surface area contributed by atoms with Gasteiger partial charge in [0, 0.05) is 24.2 Å². The minimum absolute atomic E-state index is 0.154. The van der Waals surface area contributed by atoms with Gasteiger partial charge in [0.2, 0.25) is 11.3 Å². The molecule has 0 aliphatic heterocycles. The minimum atomic E-state index is -0.402. The van der Waals surface area contributed by atoms with E-state index >= 15 is 0 Å². The van der Waals surface area contributed by atoms with E-state index in [1.165, 1.54) is 0 Å². The second kappa shape index (κ2) is 5.34. The highest BCUT2D eigenvalue weighted by atomic mass is 35.5. The molecule has 0 N–H and O–H groups in total. The molecule has 2 fully saturated rings. The molecule has 0 spiro atoms. The van der Waals surface area contributed by atoms with Crippen LogP contribution in [0.5, 0.6) is 0 Å². The van der Waals surface area contributed by atoms with Gasteiger partial charge < -0.3 is 0 Å². The maximum atomic E-state index is 11.1. The van der Waals surface area contributed by atoms with Crippen molar-refractivity contribution in [1.29, 1.82) is 0 Å². The summed E-state index contributed by atoms with van der Waals surface area (Å²) < 4.78 is 0. The molecule has 3 unspecified atom stereocenters. The van der Waals surface area contributed by atoms with Crippen molar-refractivity contribution in [3.8, 4) is 0 Å². The SMILES string of the molecule is O=C(Cl)CC(C1CC1)C1CCCC([N+](=O)[O-])C1. The molecule has 17 heavy (non-hydrogen) atoms. The van der Waals surface area contributed by atoms with E-state index in [0.717, 1.165) is 25.7 Å². The van der Waals surface area contributed by atoms with E-state index in [4.69, 9.17) is 11.6 Å². The summed E-state index contributed by atoms with van der Waals surface area (Å²) in [4.78, 5) is 21.8. The molecule has 96 valence electrons. The summed E-state index contributed by atoms with van der Waals surface area (Å²) in [5.41, 5.74) is 0. The molecule has 0 radical (unpaired) electrons. The van der Waals surface area contributed by atoms with E-state index < -0.39 is 6.04 Å². The maximum Gasteiger partial charge on any atom is 0.221 e. The van der Waals surface area contributed by atoms with E-state index in [-0.39, 0.29) is 10.2 Å². The van der Waals surface area contributed by atoms with E-state index in [9.17, 15) is 14.9 Å². The molecule has 0 aromatic carbocycles. The summed E-state index contributed by atoms with van der Waals surface area (Å²) in [7, 11) is 0. The second-order valence-electron chi connectivity index (χ2n) is 5.43. The van der Waals surface area contributed by atoms with Crippen molar-refractivity contribution >= 4 is 16.8 Å². The van der Waals surface area contributed by atoms with Gasteiger partial charge in [0.05, 0.1) is 0 Å². The van der Waals surface area contributed by atoms with Crippen LogP contribution in [0.25, 0.3) is 0 Å². The smallest absolute Gasteiger partial charge is 0.221 e. The molecule has 0 heterocycles. The van der Waals surface area contributed by atoms with Crippen molar-refractivity contribution in [3.05, 3.63) is 10.1 Å². The van der Waals surface area contributed by atoms with E-state index in [2.05, 4.69) is 0 Å². The largest absolute Gasteiger partial charge is 0.281 e. The van der Waals surface area contributed by atoms with Crippen LogP contribution in [0.2, 0.25) is 0 Å². The van der Waals surface area contributed by atoms with Gasteiger partial charge in [-0.25, -0.2) is 0 Å². The Balaban J connectivity index is 1.97. The van der Waals surface area contributed by atoms with E-state index in [1.54, 1.807) is 0 Å². The lowest BCUT2D eigenvalue weighted by atomic mass is 9.75. The first-order valence-electron chi connectivity index (χ1n) is 6.39. The van der Waals surface area contributed by atoms with Gasteiger partial charge in [-0.1, -0.05) is 0 Å². The molecule has 2 rings (SSSR count). The number of nitro groups is 1. The van der Waals surface area contributed by atoms with Gasteiger partial charge in [-0.15, -0.1) is 0 Å². The van der Waals surface area contributed by atoms with Crippen molar-refractivity contribution in [2.75, 3.05) is 0 Å². The third-order valence-electron chi connectivity index (χ3n) is 4.21. The Hall–Kier alpha value is -0.640. The number of rotatable bonds is 5. The Morgan fingerprint density at radius 2 is 2.00 bits per heavy atom. The monoisotopic (exact) mass is 259 g/mol. The first-order chi connectivity index (χ1) is 8.08. The van der Waals surface area contributed by atoms with Crippen molar-refractivity contribution in [2.24, 2.45) is 17.8 Å². The van der Waals surface area contributed by atoms with Crippen LogP contribution in [-0.2, 0) is 4.79 Å². The van der Waals surface area contributed by atoms with Crippen LogP contribution in [0.15, 0.2) is 0 Å².